The van der Waals surface area contributed by atoms with Crippen molar-refractivity contribution < 1.29 is 0 Å². The Kier molecular flexibility index (Phi) is 3.54. The summed E-state index contributed by atoms with van der Waals surface area (Å²) in [7, 11) is 0. The van der Waals surface area contributed by atoms with Gasteiger partial charge < -0.3 is 0 Å². The number of nitrogens with zero attached hydrogens (tertiary/aromatic N) is 4. The maximum absolute atomic E-state index is 4.69. The predicted molar refractivity (Wildman–Crippen MR) is 90.3 cm³/mol. The van der Waals surface area contributed by atoms with Crippen LogP contribution in [0.25, 0.3) is 22.1 Å². The average Bonchev–Trinajstić information content (AvgIpc) is 3.27. The standard InChI is InChI=1S/C14H10N4S3/c1-2-9(13-16-4-5-20-13)12(15-3-1)10-7-21-14(18-10)11-6-19-8-17-11/h1-3,6-8H,4-5H2. The molecule has 7 heteroatoms. The minimum Gasteiger partial charge on any atom is -0.277 e. The van der Waals surface area contributed by atoms with Gasteiger partial charge in [0.2, 0.25) is 0 Å². The van der Waals surface area contributed by atoms with E-state index in [0.29, 0.717) is 0 Å². The van der Waals surface area contributed by atoms with E-state index in [1.165, 1.54) is 0 Å². The summed E-state index contributed by atoms with van der Waals surface area (Å²) in [6, 6.07) is 4.02. The largest absolute Gasteiger partial charge is 0.277 e. The summed E-state index contributed by atoms with van der Waals surface area (Å²) in [6.07, 6.45) is 1.81. The van der Waals surface area contributed by atoms with E-state index < -0.39 is 0 Å². The third kappa shape index (κ3) is 2.52. The molecule has 4 nitrogen and oxygen atoms in total. The third-order valence-corrected chi connectivity index (χ3v) is 5.48. The van der Waals surface area contributed by atoms with Gasteiger partial charge in [-0.25, -0.2) is 9.97 Å². The molecule has 104 valence electrons. The molecule has 1 aliphatic heterocycles. The Hall–Kier alpha value is -1.57. The maximum Gasteiger partial charge on any atom is 0.143 e. The Balaban J connectivity index is 1.77. The monoisotopic (exact) mass is 330 g/mol. The molecular formula is C14H10N4S3. The first-order chi connectivity index (χ1) is 10.4. The molecular weight excluding hydrogens is 320 g/mol. The fourth-order valence-electron chi connectivity index (χ4n) is 2.10. The van der Waals surface area contributed by atoms with Gasteiger partial charge in [0.05, 0.1) is 16.2 Å². The highest BCUT2D eigenvalue weighted by atomic mass is 32.2. The van der Waals surface area contributed by atoms with Crippen LogP contribution in [0, 0.1) is 0 Å². The molecule has 0 aliphatic carbocycles. The van der Waals surface area contributed by atoms with Gasteiger partial charge in [0.1, 0.15) is 16.4 Å². The molecule has 0 amide bonds. The van der Waals surface area contributed by atoms with Gasteiger partial charge in [-0.05, 0) is 12.1 Å². The molecule has 0 atom stereocenters. The van der Waals surface area contributed by atoms with Gasteiger partial charge in [-0.3, -0.25) is 9.98 Å². The van der Waals surface area contributed by atoms with Crippen LogP contribution in [0.5, 0.6) is 0 Å². The molecule has 0 aromatic carbocycles. The zero-order valence-electron chi connectivity index (χ0n) is 10.9. The first kappa shape index (κ1) is 13.1. The molecule has 4 heterocycles. The summed E-state index contributed by atoms with van der Waals surface area (Å²) >= 11 is 4.96. The van der Waals surface area contributed by atoms with Crippen LogP contribution < -0.4 is 0 Å². The zero-order chi connectivity index (χ0) is 14.1. The summed E-state index contributed by atoms with van der Waals surface area (Å²) in [5, 5.41) is 6.06. The molecule has 0 radical (unpaired) electrons. The van der Waals surface area contributed by atoms with E-state index in [1.807, 2.05) is 22.3 Å². The average molecular weight is 330 g/mol. The molecule has 21 heavy (non-hydrogen) atoms. The van der Waals surface area contributed by atoms with Crippen LogP contribution in [-0.2, 0) is 0 Å². The van der Waals surface area contributed by atoms with Crippen molar-refractivity contribution in [3.05, 3.63) is 40.2 Å². The third-order valence-electron chi connectivity index (χ3n) is 3.02. The van der Waals surface area contributed by atoms with Crippen molar-refractivity contribution in [2.45, 2.75) is 0 Å². The number of aliphatic imine (C=N–C) groups is 1. The predicted octanol–water partition coefficient (Wildman–Crippen LogP) is 3.82. The van der Waals surface area contributed by atoms with Crippen LogP contribution in [-0.4, -0.2) is 32.3 Å². The molecule has 3 aromatic rings. The molecule has 0 unspecified atom stereocenters. The highest BCUT2D eigenvalue weighted by Crippen LogP contribution is 2.31. The van der Waals surface area contributed by atoms with E-state index in [1.54, 1.807) is 40.6 Å². The van der Waals surface area contributed by atoms with E-state index in [2.05, 4.69) is 21.0 Å². The van der Waals surface area contributed by atoms with E-state index in [-0.39, 0.29) is 0 Å². The van der Waals surface area contributed by atoms with Crippen molar-refractivity contribution in [1.82, 2.24) is 15.0 Å². The van der Waals surface area contributed by atoms with Crippen LogP contribution in [0.15, 0.2) is 39.6 Å². The van der Waals surface area contributed by atoms with Crippen molar-refractivity contribution >= 4 is 39.5 Å². The quantitative estimate of drug-likeness (QED) is 0.732. The lowest BCUT2D eigenvalue weighted by Crippen LogP contribution is -1.98. The smallest absolute Gasteiger partial charge is 0.143 e. The number of hydrogen-bond acceptors (Lipinski definition) is 7. The fourth-order valence-corrected chi connectivity index (χ4v) is 4.36. The Labute approximate surface area is 134 Å². The van der Waals surface area contributed by atoms with Crippen LogP contribution in [0.3, 0.4) is 0 Å². The van der Waals surface area contributed by atoms with Crippen LogP contribution in [0.2, 0.25) is 0 Å². The van der Waals surface area contributed by atoms with Gasteiger partial charge >= 0.3 is 0 Å². The van der Waals surface area contributed by atoms with E-state index in [4.69, 9.17) is 4.98 Å². The maximum atomic E-state index is 4.69. The molecule has 0 bridgehead atoms. The number of hydrogen-bond donors (Lipinski definition) is 0. The second kappa shape index (κ2) is 5.67. The van der Waals surface area contributed by atoms with Crippen molar-refractivity contribution in [2.75, 3.05) is 12.3 Å². The van der Waals surface area contributed by atoms with Gasteiger partial charge in [0.15, 0.2) is 0 Å². The second-order valence-corrected chi connectivity index (χ2v) is 7.01. The summed E-state index contributed by atoms with van der Waals surface area (Å²) in [5.74, 6) is 1.05. The topological polar surface area (TPSA) is 51.0 Å². The SMILES string of the molecule is c1cnc(-c2csc(-c3cscn3)n2)c(C2=NCCS2)c1. The number of pyridine rings is 1. The number of thiazole rings is 2. The second-order valence-electron chi connectivity index (χ2n) is 4.35. The minimum absolute atomic E-state index is 0.884. The summed E-state index contributed by atoms with van der Waals surface area (Å²) in [5.41, 5.74) is 5.64. The molecule has 0 N–H and O–H groups in total. The van der Waals surface area contributed by atoms with Crippen molar-refractivity contribution in [2.24, 2.45) is 4.99 Å². The summed E-state index contributed by atoms with van der Waals surface area (Å²) in [4.78, 5) is 18.1. The highest BCUT2D eigenvalue weighted by Gasteiger charge is 2.18. The summed E-state index contributed by atoms with van der Waals surface area (Å²) < 4.78 is 0. The number of aromatic nitrogens is 3. The molecule has 3 aromatic heterocycles. The van der Waals surface area contributed by atoms with E-state index in [0.717, 1.165) is 45.0 Å². The highest BCUT2D eigenvalue weighted by molar-refractivity contribution is 8.14. The molecule has 0 spiro atoms. The molecule has 0 saturated heterocycles. The molecule has 0 fully saturated rings. The van der Waals surface area contributed by atoms with Gasteiger partial charge in [0, 0.05) is 34.8 Å². The van der Waals surface area contributed by atoms with Gasteiger partial charge in [-0.1, -0.05) is 0 Å². The first-order valence-electron chi connectivity index (χ1n) is 6.39. The van der Waals surface area contributed by atoms with Crippen LogP contribution in [0.1, 0.15) is 5.56 Å². The minimum atomic E-state index is 0.884. The van der Waals surface area contributed by atoms with Crippen LogP contribution >= 0.6 is 34.4 Å². The zero-order valence-corrected chi connectivity index (χ0v) is 13.3. The number of rotatable bonds is 3. The summed E-state index contributed by atoms with van der Waals surface area (Å²) in [6.45, 7) is 0.884. The first-order valence-corrected chi connectivity index (χ1v) is 9.20. The lowest BCUT2D eigenvalue weighted by atomic mass is 10.1. The normalized spacial score (nSPS) is 14.4. The van der Waals surface area contributed by atoms with Gasteiger partial charge in [-0.2, -0.15) is 0 Å². The molecule has 4 rings (SSSR count). The van der Waals surface area contributed by atoms with E-state index >= 15 is 0 Å². The molecule has 1 aliphatic rings. The number of thioether (sulfide) groups is 1. The van der Waals surface area contributed by atoms with E-state index in [9.17, 15) is 0 Å². The van der Waals surface area contributed by atoms with Crippen molar-refractivity contribution in [3.63, 3.8) is 0 Å². The Morgan fingerprint density at radius 2 is 2.10 bits per heavy atom. The lowest BCUT2D eigenvalue weighted by Gasteiger charge is -2.05. The van der Waals surface area contributed by atoms with Crippen LogP contribution in [0.4, 0.5) is 0 Å². The Morgan fingerprint density at radius 1 is 1.10 bits per heavy atom. The Bertz CT molecular complexity index is 792. The van der Waals surface area contributed by atoms with Gasteiger partial charge in [0.25, 0.3) is 0 Å². The van der Waals surface area contributed by atoms with Crippen molar-refractivity contribution in [1.29, 1.82) is 0 Å². The Morgan fingerprint density at radius 3 is 2.90 bits per heavy atom. The molecule has 0 saturated carbocycles. The lowest BCUT2D eigenvalue weighted by molar-refractivity contribution is 1.17. The van der Waals surface area contributed by atoms with Gasteiger partial charge in [-0.15, -0.1) is 34.4 Å². The van der Waals surface area contributed by atoms with Crippen molar-refractivity contribution in [3.8, 4) is 22.1 Å². The fraction of sp³-hybridized carbons (Fsp3) is 0.143.